The van der Waals surface area contributed by atoms with E-state index >= 15 is 0 Å². The van der Waals surface area contributed by atoms with E-state index in [1.807, 2.05) is 0 Å². The summed E-state index contributed by atoms with van der Waals surface area (Å²) in [6.45, 7) is 0. The van der Waals surface area contributed by atoms with E-state index in [1.54, 1.807) is 0 Å². The van der Waals surface area contributed by atoms with E-state index in [0.29, 0.717) is 6.04 Å². The van der Waals surface area contributed by atoms with Crippen molar-refractivity contribution in [3.63, 3.8) is 0 Å². The molecule has 0 aromatic rings. The molecule has 48 valence electrons. The quantitative estimate of drug-likeness (QED) is 0.397. The minimum Gasteiger partial charge on any atom is -0.295 e. The Hall–Kier alpha value is 0.660. The molecular formula is C5H11NS2. The van der Waals surface area contributed by atoms with Crippen molar-refractivity contribution in [2.45, 2.75) is 30.0 Å². The molecule has 0 aliphatic heterocycles. The Balaban J connectivity index is 2.01. The second-order valence-electron chi connectivity index (χ2n) is 2.17. The molecule has 0 atom stereocenters. The molecule has 1 aliphatic carbocycles. The zero-order valence-electron chi connectivity index (χ0n) is 4.67. The second-order valence-corrected chi connectivity index (χ2v) is 3.61. The highest BCUT2D eigenvalue weighted by atomic mass is 32.2. The molecule has 1 nitrogen and oxygen atoms in total. The van der Waals surface area contributed by atoms with Crippen LogP contribution in [0.1, 0.15) is 19.3 Å². The van der Waals surface area contributed by atoms with Crippen LogP contribution in [0.25, 0.3) is 0 Å². The largest absolute Gasteiger partial charge is 0.295 e. The van der Waals surface area contributed by atoms with Gasteiger partial charge >= 0.3 is 0 Å². The smallest absolute Gasteiger partial charge is 0.0946 e. The zero-order valence-corrected chi connectivity index (χ0v) is 6.46. The number of nitrogens with one attached hydrogen (secondary N) is 1. The molecule has 1 fully saturated rings. The van der Waals surface area contributed by atoms with Crippen LogP contribution in [-0.4, -0.2) is 10.7 Å². The summed E-state index contributed by atoms with van der Waals surface area (Å²) in [7, 11) is 0. The van der Waals surface area contributed by atoms with Gasteiger partial charge in [0.2, 0.25) is 0 Å². The summed E-state index contributed by atoms with van der Waals surface area (Å²) in [6.07, 6.45) is 3.97. The maximum Gasteiger partial charge on any atom is 0.0946 e. The Morgan fingerprint density at radius 3 is 2.12 bits per heavy atom. The molecule has 1 N–H and O–H groups in total. The summed E-state index contributed by atoms with van der Waals surface area (Å²) >= 11 is 8.16. The topological polar surface area (TPSA) is 12.0 Å². The predicted molar refractivity (Wildman–Crippen MR) is 42.5 cm³/mol. The average Bonchev–Trinajstić information content (AvgIpc) is 1.55. The van der Waals surface area contributed by atoms with E-state index < -0.39 is 0 Å². The van der Waals surface area contributed by atoms with Crippen LogP contribution in [0.4, 0.5) is 0 Å². The number of hydrogen-bond acceptors (Lipinski definition) is 3. The fourth-order valence-corrected chi connectivity index (χ4v) is 1.21. The van der Waals surface area contributed by atoms with Crippen molar-refractivity contribution in [3.05, 3.63) is 0 Å². The van der Waals surface area contributed by atoms with Gasteiger partial charge in [-0.05, 0) is 12.8 Å². The highest BCUT2D eigenvalue weighted by Crippen LogP contribution is 2.19. The highest BCUT2D eigenvalue weighted by molar-refractivity contribution is 7.99. The molecule has 1 rings (SSSR count). The molecular weight excluding hydrogens is 138 g/mol. The molecule has 0 spiro atoms. The third-order valence-electron chi connectivity index (χ3n) is 1.49. The second kappa shape index (κ2) is 2.99. The van der Waals surface area contributed by atoms with E-state index in [9.17, 15) is 0 Å². The van der Waals surface area contributed by atoms with Gasteiger partial charge in [0.1, 0.15) is 0 Å². The molecule has 0 amide bonds. The van der Waals surface area contributed by atoms with E-state index in [2.05, 4.69) is 30.6 Å². The zero-order chi connectivity index (χ0) is 5.98. The van der Waals surface area contributed by atoms with Crippen LogP contribution in [0.15, 0.2) is 0 Å². The Bertz CT molecular complexity index is 70.8. The molecule has 0 bridgehead atoms. The normalized spacial score (nSPS) is 21.4. The Labute approximate surface area is 61.1 Å². The fourth-order valence-electron chi connectivity index (χ4n) is 0.786. The lowest BCUT2D eigenvalue weighted by Crippen LogP contribution is -2.37. The Kier molecular flexibility index (Phi) is 2.53. The van der Waals surface area contributed by atoms with Crippen LogP contribution in [-0.2, 0) is 0 Å². The molecule has 0 unspecified atom stereocenters. The van der Waals surface area contributed by atoms with Crippen molar-refractivity contribution in [1.29, 1.82) is 0 Å². The van der Waals surface area contributed by atoms with E-state index in [-0.39, 0.29) is 4.71 Å². The number of rotatable bonds is 2. The SMILES string of the molecule is SC(S)NC1CCC1. The summed E-state index contributed by atoms with van der Waals surface area (Å²) in [5.41, 5.74) is 0. The first-order valence-electron chi connectivity index (χ1n) is 2.91. The first-order valence-corrected chi connectivity index (χ1v) is 3.94. The summed E-state index contributed by atoms with van der Waals surface area (Å²) in [5, 5.41) is 3.21. The van der Waals surface area contributed by atoms with Crippen molar-refractivity contribution in [3.8, 4) is 0 Å². The molecule has 0 radical (unpaired) electrons. The molecule has 0 aromatic carbocycles. The maximum absolute atomic E-state index is 4.08. The summed E-state index contributed by atoms with van der Waals surface area (Å²) in [6, 6.07) is 0.704. The van der Waals surface area contributed by atoms with Crippen LogP contribution in [0, 0.1) is 0 Å². The van der Waals surface area contributed by atoms with Crippen molar-refractivity contribution in [2.75, 3.05) is 0 Å². The highest BCUT2D eigenvalue weighted by Gasteiger charge is 2.17. The molecule has 8 heavy (non-hydrogen) atoms. The summed E-state index contributed by atoms with van der Waals surface area (Å²) in [5.74, 6) is 0. The van der Waals surface area contributed by atoms with Crippen LogP contribution in [0.3, 0.4) is 0 Å². The van der Waals surface area contributed by atoms with Crippen molar-refractivity contribution >= 4 is 25.3 Å². The first-order chi connectivity index (χ1) is 3.79. The van der Waals surface area contributed by atoms with E-state index in [0.717, 1.165) is 0 Å². The first kappa shape index (κ1) is 6.78. The minimum absolute atomic E-state index is 0.0697. The third kappa shape index (κ3) is 1.88. The average molecular weight is 149 g/mol. The van der Waals surface area contributed by atoms with Gasteiger partial charge in [0.05, 0.1) is 4.71 Å². The molecule has 0 heterocycles. The van der Waals surface area contributed by atoms with E-state index in [4.69, 9.17) is 0 Å². The van der Waals surface area contributed by atoms with Gasteiger partial charge in [-0.3, -0.25) is 5.32 Å². The van der Waals surface area contributed by atoms with Gasteiger partial charge in [-0.25, -0.2) is 0 Å². The molecule has 0 aromatic heterocycles. The van der Waals surface area contributed by atoms with Gasteiger partial charge in [-0.2, -0.15) is 0 Å². The summed E-state index contributed by atoms with van der Waals surface area (Å²) in [4.78, 5) is 0. The van der Waals surface area contributed by atoms with Crippen molar-refractivity contribution < 1.29 is 0 Å². The van der Waals surface area contributed by atoms with Gasteiger partial charge in [0.25, 0.3) is 0 Å². The van der Waals surface area contributed by atoms with Crippen LogP contribution < -0.4 is 5.32 Å². The predicted octanol–water partition coefficient (Wildman–Crippen LogP) is 1.27. The van der Waals surface area contributed by atoms with Crippen LogP contribution in [0.5, 0.6) is 0 Å². The van der Waals surface area contributed by atoms with Crippen LogP contribution in [0.2, 0.25) is 0 Å². The fraction of sp³-hybridized carbons (Fsp3) is 1.00. The lowest BCUT2D eigenvalue weighted by Gasteiger charge is -2.27. The lowest BCUT2D eigenvalue weighted by molar-refractivity contribution is 0.353. The molecule has 0 saturated heterocycles. The van der Waals surface area contributed by atoms with E-state index in [1.165, 1.54) is 19.3 Å². The maximum atomic E-state index is 4.08. The standard InChI is InChI=1S/C5H11NS2/c7-5(8)6-4-2-1-3-4/h4-8H,1-3H2. The minimum atomic E-state index is 0.0697. The summed E-state index contributed by atoms with van der Waals surface area (Å²) < 4.78 is 0.0697. The Morgan fingerprint density at radius 1 is 1.38 bits per heavy atom. The van der Waals surface area contributed by atoms with Gasteiger partial charge in [-0.15, -0.1) is 25.3 Å². The number of thiol groups is 2. The monoisotopic (exact) mass is 149 g/mol. The lowest BCUT2D eigenvalue weighted by atomic mass is 9.94. The van der Waals surface area contributed by atoms with Crippen molar-refractivity contribution in [2.24, 2.45) is 0 Å². The third-order valence-corrected chi connectivity index (χ3v) is 1.79. The van der Waals surface area contributed by atoms with Gasteiger partial charge in [0.15, 0.2) is 0 Å². The number of hydrogen-bond donors (Lipinski definition) is 3. The molecule has 3 heteroatoms. The van der Waals surface area contributed by atoms with Gasteiger partial charge in [0, 0.05) is 6.04 Å². The Morgan fingerprint density at radius 2 is 2.00 bits per heavy atom. The van der Waals surface area contributed by atoms with Gasteiger partial charge < -0.3 is 0 Å². The molecule has 1 aliphatic rings. The van der Waals surface area contributed by atoms with Crippen molar-refractivity contribution in [1.82, 2.24) is 5.32 Å². The van der Waals surface area contributed by atoms with Gasteiger partial charge in [-0.1, -0.05) is 6.42 Å². The molecule has 1 saturated carbocycles. The van der Waals surface area contributed by atoms with Crippen LogP contribution >= 0.6 is 25.3 Å².